The molecule has 10 heterocycles. The van der Waals surface area contributed by atoms with Crippen molar-refractivity contribution in [2.45, 2.75) is 75.5 Å². The van der Waals surface area contributed by atoms with Crippen molar-refractivity contribution in [3.63, 3.8) is 0 Å². The van der Waals surface area contributed by atoms with Crippen LogP contribution < -0.4 is 18.9 Å². The highest BCUT2D eigenvalue weighted by Gasteiger charge is 2.24. The van der Waals surface area contributed by atoms with Crippen LogP contribution in [0.3, 0.4) is 0 Å². The molecule has 2 saturated carbocycles. The number of rotatable bonds is 0. The van der Waals surface area contributed by atoms with Gasteiger partial charge in [-0.2, -0.15) is 0 Å². The van der Waals surface area contributed by atoms with Crippen LogP contribution in [0.2, 0.25) is 0 Å². The van der Waals surface area contributed by atoms with Crippen LogP contribution in [0.1, 0.15) is 73.6 Å². The Kier molecular flexibility index (Phi) is 12.2. The zero-order chi connectivity index (χ0) is 40.4. The molecule has 0 N–H and O–H groups in total. The summed E-state index contributed by atoms with van der Waals surface area (Å²) >= 11 is 0. The minimum atomic E-state index is 0.145. The first-order valence-electron chi connectivity index (χ1n) is 21.1. The fourth-order valence-electron chi connectivity index (χ4n) is 7.79. The first kappa shape index (κ1) is 38.7. The lowest BCUT2D eigenvalue weighted by Crippen LogP contribution is -2.27. The van der Waals surface area contributed by atoms with Crippen molar-refractivity contribution in [2.24, 2.45) is 20.0 Å². The molecular formula is C52H48N4O4. The van der Waals surface area contributed by atoms with Gasteiger partial charge in [0.1, 0.15) is 46.0 Å². The fourth-order valence-corrected chi connectivity index (χ4v) is 7.79. The molecule has 6 aromatic carbocycles. The Hall–Kier alpha value is -6.80. The number of aliphatic imine (C=N–C) groups is 4. The van der Waals surface area contributed by atoms with E-state index in [9.17, 15) is 0 Å². The number of benzene rings is 6. The van der Waals surface area contributed by atoms with Gasteiger partial charge >= 0.3 is 0 Å². The number of hydrogen-bond donors (Lipinski definition) is 0. The average molecular weight is 793 g/mol. The number of hydrogen-bond acceptors (Lipinski definition) is 8. The lowest BCUT2D eigenvalue weighted by molar-refractivity contribution is 0.390. The van der Waals surface area contributed by atoms with E-state index in [-0.39, 0.29) is 24.2 Å². The smallest absolute Gasteiger partial charge is 0.127 e. The predicted octanol–water partition coefficient (Wildman–Crippen LogP) is 12.9. The zero-order valence-electron chi connectivity index (χ0n) is 33.6. The number of ether oxygens (including phenoxy) is 4. The van der Waals surface area contributed by atoms with Gasteiger partial charge in [-0.25, -0.2) is 0 Å². The van der Waals surface area contributed by atoms with Gasteiger partial charge in [-0.05, 0) is 194 Å². The van der Waals surface area contributed by atoms with Crippen LogP contribution in [0, 0.1) is 0 Å². The van der Waals surface area contributed by atoms with Crippen molar-refractivity contribution in [3.8, 4) is 46.0 Å². The fraction of sp³-hybridized carbons (Fsp3) is 0.231. The molecule has 0 spiro atoms. The minimum Gasteiger partial charge on any atom is -0.457 e. The van der Waals surface area contributed by atoms with Gasteiger partial charge in [-0.1, -0.05) is 25.7 Å². The summed E-state index contributed by atoms with van der Waals surface area (Å²) in [6.45, 7) is 0. The topological polar surface area (TPSA) is 86.4 Å². The molecule has 8 heteroatoms. The van der Waals surface area contributed by atoms with E-state index in [0.717, 1.165) is 120 Å². The normalized spacial score (nSPS) is 20.4. The van der Waals surface area contributed by atoms with Gasteiger partial charge in [0.15, 0.2) is 0 Å². The molecular weight excluding hydrogens is 745 g/mol. The van der Waals surface area contributed by atoms with E-state index < -0.39 is 0 Å². The highest BCUT2D eigenvalue weighted by molar-refractivity contribution is 5.82. The van der Waals surface area contributed by atoms with Gasteiger partial charge < -0.3 is 18.9 Å². The molecule has 6 aromatic rings. The molecule has 2 fully saturated rings. The summed E-state index contributed by atoms with van der Waals surface area (Å²) in [5, 5.41) is 0. The Balaban J connectivity index is 0.923. The maximum absolute atomic E-state index is 6.15. The average Bonchev–Trinajstić information content (AvgIpc) is 3.30. The van der Waals surface area contributed by atoms with E-state index >= 15 is 0 Å². The van der Waals surface area contributed by atoms with Gasteiger partial charge in [-0.3, -0.25) is 20.0 Å². The van der Waals surface area contributed by atoms with E-state index in [4.69, 9.17) is 38.9 Å². The van der Waals surface area contributed by atoms with E-state index in [2.05, 4.69) is 0 Å². The molecule has 2 aliphatic carbocycles. The summed E-state index contributed by atoms with van der Waals surface area (Å²) in [6.07, 6.45) is 16.6. The van der Waals surface area contributed by atoms with Crippen molar-refractivity contribution >= 4 is 24.9 Å². The lowest BCUT2D eigenvalue weighted by Gasteiger charge is -2.25. The van der Waals surface area contributed by atoms with Crippen molar-refractivity contribution < 1.29 is 18.9 Å². The van der Waals surface area contributed by atoms with Crippen molar-refractivity contribution in [2.75, 3.05) is 0 Å². The van der Waals surface area contributed by atoms with Crippen LogP contribution in [-0.2, 0) is 0 Å². The van der Waals surface area contributed by atoms with E-state index in [1.54, 1.807) is 0 Å². The Morgan fingerprint density at radius 2 is 0.417 bits per heavy atom. The maximum Gasteiger partial charge on any atom is 0.127 e. The van der Waals surface area contributed by atoms with Crippen LogP contribution >= 0.6 is 0 Å². The Labute approximate surface area is 352 Å². The Bertz CT molecular complexity index is 2080. The standard InChI is InChI=1S/C52H48N4O4/c1-2-6-50-49(5-1)53-33-37-9-17-41(18-10-37)57-45-25-27-47(28-26-45)59-43-21-13-39(14-22-43)35-55-51-7-3-4-8-52(51)56-36-40-15-23-44(24-16-40)60-48-31-29-46(30-32-48)58-42-19-11-38(12-20-42)34-54-50/h9-36,49-52H,1-8H2/t49-,50-,51-,52-/m1/s1. The molecule has 60 heavy (non-hydrogen) atoms. The molecule has 4 atom stereocenters. The van der Waals surface area contributed by atoms with Gasteiger partial charge in [0.2, 0.25) is 0 Å². The molecule has 300 valence electrons. The monoisotopic (exact) mass is 792 g/mol. The van der Waals surface area contributed by atoms with Gasteiger partial charge in [0.05, 0.1) is 24.2 Å². The quantitative estimate of drug-likeness (QED) is 0.153. The molecule has 12 bridgehead atoms. The van der Waals surface area contributed by atoms with E-state index in [0.29, 0.717) is 0 Å². The first-order chi connectivity index (χ1) is 29.6. The third kappa shape index (κ3) is 10.4. The molecule has 0 radical (unpaired) electrons. The highest BCUT2D eigenvalue weighted by atomic mass is 16.5. The van der Waals surface area contributed by atoms with Crippen molar-refractivity contribution in [3.05, 3.63) is 168 Å². The van der Waals surface area contributed by atoms with Crippen LogP contribution in [-0.4, -0.2) is 49.0 Å². The molecule has 0 aromatic heterocycles. The molecule has 0 amide bonds. The van der Waals surface area contributed by atoms with Crippen molar-refractivity contribution in [1.82, 2.24) is 0 Å². The largest absolute Gasteiger partial charge is 0.457 e. The Morgan fingerprint density at radius 1 is 0.250 bits per heavy atom. The van der Waals surface area contributed by atoms with E-state index in [1.165, 1.54) is 0 Å². The van der Waals surface area contributed by atoms with Gasteiger partial charge in [-0.15, -0.1) is 0 Å². The highest BCUT2D eigenvalue weighted by Crippen LogP contribution is 2.30. The van der Waals surface area contributed by atoms with Gasteiger partial charge in [0.25, 0.3) is 0 Å². The SMILES string of the molecule is C1=N[C@@H]2CCCC[C@H]2N=Cc2ccc(cc2)Oc2ccc(cc2)Oc2ccc(cc2)C=N[C@@H]2CCCC[C@H]2N=Cc2ccc(cc2)Oc2ccc(cc2)Oc2ccc1cc2. The summed E-state index contributed by atoms with van der Waals surface area (Å²) in [6, 6.07) is 48.0. The predicted molar refractivity (Wildman–Crippen MR) is 241 cm³/mol. The summed E-state index contributed by atoms with van der Waals surface area (Å²) in [5.41, 5.74) is 4.12. The molecule has 0 saturated heterocycles. The summed E-state index contributed by atoms with van der Waals surface area (Å²) in [7, 11) is 0. The second kappa shape index (κ2) is 18.9. The molecule has 10 aliphatic heterocycles. The second-order valence-corrected chi connectivity index (χ2v) is 15.6. The molecule has 12 aliphatic rings. The summed E-state index contributed by atoms with van der Waals surface area (Å²) in [5.74, 6) is 5.96. The summed E-state index contributed by atoms with van der Waals surface area (Å²) < 4.78 is 24.6. The zero-order valence-corrected chi connectivity index (χ0v) is 33.6. The summed E-state index contributed by atoms with van der Waals surface area (Å²) in [4.78, 5) is 20.0. The molecule has 0 unspecified atom stereocenters. The second-order valence-electron chi connectivity index (χ2n) is 15.6. The first-order valence-corrected chi connectivity index (χ1v) is 21.1. The van der Waals surface area contributed by atoms with Crippen molar-refractivity contribution in [1.29, 1.82) is 0 Å². The number of nitrogens with zero attached hydrogens (tertiary/aromatic N) is 4. The van der Waals surface area contributed by atoms with Crippen LogP contribution in [0.15, 0.2) is 166 Å². The maximum atomic E-state index is 6.15. The molecule has 8 nitrogen and oxygen atoms in total. The third-order valence-electron chi connectivity index (χ3n) is 11.2. The van der Waals surface area contributed by atoms with Gasteiger partial charge in [0, 0.05) is 24.9 Å². The third-order valence-corrected chi connectivity index (χ3v) is 11.2. The van der Waals surface area contributed by atoms with E-state index in [1.807, 2.05) is 170 Å². The Morgan fingerprint density at radius 3 is 0.600 bits per heavy atom. The van der Waals surface area contributed by atoms with Crippen LogP contribution in [0.5, 0.6) is 46.0 Å². The molecule has 18 rings (SSSR count). The van der Waals surface area contributed by atoms with Crippen LogP contribution in [0.4, 0.5) is 0 Å². The minimum absolute atomic E-state index is 0.145. The lowest BCUT2D eigenvalue weighted by atomic mass is 9.91. The van der Waals surface area contributed by atoms with Crippen LogP contribution in [0.25, 0.3) is 0 Å².